The van der Waals surface area contributed by atoms with Gasteiger partial charge in [-0.25, -0.2) is 4.79 Å². The summed E-state index contributed by atoms with van der Waals surface area (Å²) in [5, 5.41) is 0. The van der Waals surface area contributed by atoms with Gasteiger partial charge < -0.3 is 15.6 Å². The Morgan fingerprint density at radius 1 is 1.10 bits per heavy atom. The molecule has 3 N–H and O–H groups in total. The maximum absolute atomic E-state index is 13.4. The highest BCUT2D eigenvalue weighted by Gasteiger charge is 2.33. The Morgan fingerprint density at radius 2 is 1.97 bits per heavy atom. The van der Waals surface area contributed by atoms with Gasteiger partial charge in [0.25, 0.3) is 0 Å². The van der Waals surface area contributed by atoms with Crippen LogP contribution >= 0.6 is 0 Å². The first-order chi connectivity index (χ1) is 14.1. The van der Waals surface area contributed by atoms with Gasteiger partial charge in [-0.3, -0.25) is 9.36 Å². The van der Waals surface area contributed by atoms with Gasteiger partial charge in [0.1, 0.15) is 0 Å². The number of carbonyl (C=O) groups excluding carboxylic acids is 1. The molecule has 0 bridgehead atoms. The van der Waals surface area contributed by atoms with E-state index < -0.39 is 0 Å². The van der Waals surface area contributed by atoms with Gasteiger partial charge in [0.2, 0.25) is 5.91 Å². The summed E-state index contributed by atoms with van der Waals surface area (Å²) in [4.78, 5) is 31.0. The Labute approximate surface area is 169 Å². The predicted octanol–water partition coefficient (Wildman–Crippen LogP) is 3.20. The van der Waals surface area contributed by atoms with E-state index in [0.717, 1.165) is 49.7 Å². The van der Waals surface area contributed by atoms with E-state index in [4.69, 9.17) is 5.73 Å². The van der Waals surface area contributed by atoms with Crippen LogP contribution in [0.25, 0.3) is 11.0 Å². The molecular formula is C23H26N4O2. The van der Waals surface area contributed by atoms with Gasteiger partial charge in [-0.05, 0) is 61.4 Å². The summed E-state index contributed by atoms with van der Waals surface area (Å²) in [5.41, 5.74) is 10.5. The van der Waals surface area contributed by atoms with E-state index in [0.29, 0.717) is 12.2 Å². The molecule has 0 radical (unpaired) electrons. The largest absolute Gasteiger partial charge is 0.399 e. The van der Waals surface area contributed by atoms with E-state index in [9.17, 15) is 9.59 Å². The first kappa shape index (κ1) is 18.0. The molecule has 150 valence electrons. The van der Waals surface area contributed by atoms with Crippen LogP contribution in [0.15, 0.2) is 47.3 Å². The summed E-state index contributed by atoms with van der Waals surface area (Å²) >= 11 is 0. The van der Waals surface area contributed by atoms with E-state index >= 15 is 0 Å². The number of fused-ring (bicyclic) bond motifs is 2. The fraction of sp³-hybridized carbons (Fsp3) is 0.391. The van der Waals surface area contributed by atoms with Crippen LogP contribution in [-0.4, -0.2) is 33.4 Å². The molecule has 1 aliphatic carbocycles. The molecule has 2 aromatic carbocycles. The van der Waals surface area contributed by atoms with Crippen molar-refractivity contribution in [2.24, 2.45) is 0 Å². The first-order valence-electron chi connectivity index (χ1n) is 10.5. The van der Waals surface area contributed by atoms with E-state index in [1.807, 2.05) is 23.1 Å². The topological polar surface area (TPSA) is 84.1 Å². The molecule has 0 spiro atoms. The van der Waals surface area contributed by atoms with Crippen LogP contribution in [0, 0.1) is 0 Å². The number of aromatic amines is 1. The number of rotatable bonds is 2. The van der Waals surface area contributed by atoms with E-state index in [2.05, 4.69) is 23.2 Å². The fourth-order valence-electron chi connectivity index (χ4n) is 5.10. The number of nitrogens with two attached hydrogens (primary N) is 1. The number of likely N-dealkylation sites (tertiary alicyclic amines) is 1. The monoisotopic (exact) mass is 390 g/mol. The minimum atomic E-state index is -0.132. The van der Waals surface area contributed by atoms with E-state index in [1.54, 1.807) is 10.6 Å². The highest BCUT2D eigenvalue weighted by atomic mass is 16.2. The zero-order chi connectivity index (χ0) is 20.0. The lowest BCUT2D eigenvalue weighted by molar-refractivity contribution is -0.134. The normalized spacial score (nSPS) is 21.9. The Bertz CT molecular complexity index is 1130. The van der Waals surface area contributed by atoms with Gasteiger partial charge in [0, 0.05) is 18.8 Å². The number of H-pyrrole nitrogens is 1. The Hall–Kier alpha value is -3.02. The van der Waals surface area contributed by atoms with Gasteiger partial charge in [0.15, 0.2) is 0 Å². The summed E-state index contributed by atoms with van der Waals surface area (Å²) in [6.07, 6.45) is 4.78. The van der Waals surface area contributed by atoms with Gasteiger partial charge in [-0.2, -0.15) is 0 Å². The van der Waals surface area contributed by atoms with Gasteiger partial charge in [-0.15, -0.1) is 0 Å². The van der Waals surface area contributed by atoms with Crippen molar-refractivity contribution in [1.82, 2.24) is 14.5 Å². The summed E-state index contributed by atoms with van der Waals surface area (Å²) in [6, 6.07) is 13.8. The Balaban J connectivity index is 1.44. The van der Waals surface area contributed by atoms with Crippen molar-refractivity contribution in [2.45, 2.75) is 44.1 Å². The lowest BCUT2D eigenvalue weighted by atomic mass is 9.81. The maximum Gasteiger partial charge on any atom is 0.326 e. The van der Waals surface area contributed by atoms with E-state index in [-0.39, 0.29) is 23.6 Å². The number of piperidine rings is 1. The summed E-state index contributed by atoms with van der Waals surface area (Å²) < 4.78 is 1.79. The quantitative estimate of drug-likeness (QED) is 0.659. The van der Waals surface area contributed by atoms with Crippen molar-refractivity contribution in [3.63, 3.8) is 0 Å². The Morgan fingerprint density at radius 3 is 2.86 bits per heavy atom. The molecule has 1 aliphatic heterocycles. The average molecular weight is 390 g/mol. The highest BCUT2D eigenvalue weighted by Crippen LogP contribution is 2.34. The molecule has 6 nitrogen and oxygen atoms in total. The number of aromatic nitrogens is 2. The molecule has 2 atom stereocenters. The zero-order valence-electron chi connectivity index (χ0n) is 16.4. The molecule has 5 rings (SSSR count). The number of imidazole rings is 1. The van der Waals surface area contributed by atoms with Crippen LogP contribution in [0.5, 0.6) is 0 Å². The minimum absolute atomic E-state index is 0.0328. The minimum Gasteiger partial charge on any atom is -0.399 e. The number of nitrogens with one attached hydrogen (secondary N) is 1. The number of anilines is 1. The number of amides is 1. The van der Waals surface area contributed by atoms with Crippen LogP contribution in [0.4, 0.5) is 5.69 Å². The third kappa shape index (κ3) is 3.12. The van der Waals surface area contributed by atoms with Crippen molar-refractivity contribution in [3.8, 4) is 0 Å². The van der Waals surface area contributed by atoms with Crippen LogP contribution in [-0.2, 0) is 11.2 Å². The van der Waals surface area contributed by atoms with Crippen molar-refractivity contribution >= 4 is 22.6 Å². The fourth-order valence-corrected chi connectivity index (χ4v) is 5.10. The third-order valence-corrected chi connectivity index (χ3v) is 6.48. The summed E-state index contributed by atoms with van der Waals surface area (Å²) in [6.45, 7) is 1.33. The second-order valence-electron chi connectivity index (χ2n) is 8.30. The van der Waals surface area contributed by atoms with Crippen LogP contribution in [0.3, 0.4) is 0 Å². The lowest BCUT2D eigenvalue weighted by Crippen LogP contribution is -2.44. The summed E-state index contributed by atoms with van der Waals surface area (Å²) in [5.74, 6) is 0.142. The van der Waals surface area contributed by atoms with Crippen molar-refractivity contribution in [2.75, 3.05) is 18.8 Å². The molecule has 6 heteroatoms. The van der Waals surface area contributed by atoms with Crippen molar-refractivity contribution in [1.29, 1.82) is 0 Å². The first-order valence-corrected chi connectivity index (χ1v) is 10.5. The number of hydrogen-bond donors (Lipinski definition) is 2. The molecule has 3 aromatic rings. The number of benzene rings is 2. The second kappa shape index (κ2) is 7.10. The molecule has 1 fully saturated rings. The SMILES string of the molecule is Nc1ccc2[nH]c(=O)n([C@H]3CCCN(C(=O)C4CCCc5ccccc54)C3)c2c1. The van der Waals surface area contributed by atoms with Crippen LogP contribution in [0.1, 0.15) is 48.8 Å². The van der Waals surface area contributed by atoms with Crippen molar-refractivity contribution in [3.05, 3.63) is 64.1 Å². The second-order valence-corrected chi connectivity index (χ2v) is 8.30. The number of nitrogen functional groups attached to an aromatic ring is 1. The van der Waals surface area contributed by atoms with Gasteiger partial charge in [0.05, 0.1) is 23.0 Å². The predicted molar refractivity (Wildman–Crippen MR) is 114 cm³/mol. The molecule has 1 amide bonds. The molecule has 1 aromatic heterocycles. The zero-order valence-corrected chi connectivity index (χ0v) is 16.4. The van der Waals surface area contributed by atoms with Gasteiger partial charge >= 0.3 is 5.69 Å². The van der Waals surface area contributed by atoms with Crippen LogP contribution in [0.2, 0.25) is 0 Å². The van der Waals surface area contributed by atoms with Crippen LogP contribution < -0.4 is 11.4 Å². The molecule has 2 heterocycles. The molecule has 0 saturated carbocycles. The van der Waals surface area contributed by atoms with Gasteiger partial charge in [-0.1, -0.05) is 24.3 Å². The number of nitrogens with zero attached hydrogens (tertiary/aromatic N) is 2. The third-order valence-electron chi connectivity index (χ3n) is 6.48. The number of hydrogen-bond acceptors (Lipinski definition) is 3. The maximum atomic E-state index is 13.4. The number of aryl methyl sites for hydroxylation is 1. The molecule has 1 saturated heterocycles. The summed E-state index contributed by atoms with van der Waals surface area (Å²) in [7, 11) is 0. The number of carbonyl (C=O) groups is 1. The lowest BCUT2D eigenvalue weighted by Gasteiger charge is -2.36. The molecular weight excluding hydrogens is 364 g/mol. The molecule has 2 aliphatic rings. The smallest absolute Gasteiger partial charge is 0.326 e. The highest BCUT2D eigenvalue weighted by molar-refractivity contribution is 5.85. The Kier molecular flexibility index (Phi) is 4.42. The van der Waals surface area contributed by atoms with Crippen molar-refractivity contribution < 1.29 is 4.79 Å². The standard InChI is InChI=1S/C23H26N4O2/c24-16-10-11-20-21(13-16)27(23(29)25-20)17-7-4-12-26(14-17)22(28)19-9-3-6-15-5-1-2-8-18(15)19/h1-2,5,8,10-11,13,17,19H,3-4,6-7,9,12,14,24H2,(H,25,29)/t17-,19?/m0/s1. The average Bonchev–Trinajstić information content (AvgIpc) is 3.07. The van der Waals surface area contributed by atoms with E-state index in [1.165, 1.54) is 11.1 Å². The molecule has 1 unspecified atom stereocenters. The molecule has 29 heavy (non-hydrogen) atoms.